The molecule has 4 rings (SSSR count). The highest BCUT2D eigenvalue weighted by Gasteiger charge is 2.46. The van der Waals surface area contributed by atoms with Gasteiger partial charge in [-0.25, -0.2) is 0 Å². The van der Waals surface area contributed by atoms with Gasteiger partial charge in [0.1, 0.15) is 30.4 Å². The number of rotatable bonds is 25. The molecular formula is C62H56N4O9S2. The summed E-state index contributed by atoms with van der Waals surface area (Å²) in [6, 6.07) is 18.3. The van der Waals surface area contributed by atoms with Crippen molar-refractivity contribution in [3.63, 3.8) is 0 Å². The van der Waals surface area contributed by atoms with Crippen LogP contribution in [0.2, 0.25) is 0 Å². The van der Waals surface area contributed by atoms with E-state index < -0.39 is 48.8 Å². The van der Waals surface area contributed by atoms with Gasteiger partial charge in [0.15, 0.2) is 6.29 Å². The van der Waals surface area contributed by atoms with Crippen LogP contribution in [0.4, 0.5) is 0 Å². The number of nitrogens with one attached hydrogen (secondary N) is 1. The van der Waals surface area contributed by atoms with E-state index in [1.807, 2.05) is 67.6 Å². The van der Waals surface area contributed by atoms with E-state index in [9.17, 15) is 15.0 Å². The summed E-state index contributed by atoms with van der Waals surface area (Å²) < 4.78 is 38.2. The Bertz CT molecular complexity index is 3030. The van der Waals surface area contributed by atoms with Gasteiger partial charge in [-0.05, 0) is 124 Å². The van der Waals surface area contributed by atoms with Crippen LogP contribution >= 0.6 is 21.6 Å². The molecule has 0 aromatic heterocycles. The Morgan fingerprint density at radius 3 is 1.81 bits per heavy atom. The lowest BCUT2D eigenvalue weighted by Crippen LogP contribution is -2.58. The first-order valence-electron chi connectivity index (χ1n) is 24.5. The first kappa shape index (κ1) is 61.9. The van der Waals surface area contributed by atoms with Crippen molar-refractivity contribution in [1.29, 1.82) is 0 Å². The van der Waals surface area contributed by atoms with Crippen molar-refractivity contribution in [2.45, 2.75) is 108 Å². The Balaban J connectivity index is 1.45. The maximum absolute atomic E-state index is 13.4. The number of terminal acetylenes is 1. The summed E-state index contributed by atoms with van der Waals surface area (Å²) in [5.41, 5.74) is 10.5. The largest absolute Gasteiger partial charge is 0.388 e. The van der Waals surface area contributed by atoms with Gasteiger partial charge in [0, 0.05) is 53.0 Å². The van der Waals surface area contributed by atoms with Gasteiger partial charge in [-0.1, -0.05) is 132 Å². The normalized spacial score (nSPS) is 17.7. The summed E-state index contributed by atoms with van der Waals surface area (Å²) in [6.07, 6.45) is 5.73. The molecule has 2 unspecified atom stereocenters. The van der Waals surface area contributed by atoms with Crippen LogP contribution in [-0.4, -0.2) is 97.2 Å². The molecule has 1 saturated carbocycles. The van der Waals surface area contributed by atoms with E-state index in [1.54, 1.807) is 0 Å². The maximum Gasteiger partial charge on any atom is 0.232 e. The molecule has 3 N–H and O–H groups in total. The summed E-state index contributed by atoms with van der Waals surface area (Å²) in [6.45, 7) is 2.62. The molecule has 0 spiro atoms. The second kappa shape index (κ2) is 40.6. The molecule has 0 radical (unpaired) electrons. The smallest absolute Gasteiger partial charge is 0.232 e. The lowest BCUT2D eigenvalue weighted by Gasteiger charge is -2.45. The van der Waals surface area contributed by atoms with E-state index in [0.29, 0.717) is 19.1 Å². The number of azide groups is 1. The van der Waals surface area contributed by atoms with Crippen molar-refractivity contribution < 1.29 is 43.4 Å². The SMILES string of the molecule is C#CC#CC#CC#CC#CC#CC#CC#CC#CC#CC#CC#CCC(=O)N[C@@H](CO[C@H]1OC(COCSSCN=[N+]=[N-])[C@H](OCc2ccccc2)[C@H](C)C1OCc1ccccc1)[C@H](O)[C@H](O)COCCC1CCCCC1. The molecule has 1 saturated heterocycles. The van der Waals surface area contributed by atoms with Crippen LogP contribution < -0.4 is 5.32 Å². The van der Waals surface area contributed by atoms with Gasteiger partial charge in [-0.15, -0.1) is 6.42 Å². The monoisotopic (exact) mass is 1060 g/mol. The van der Waals surface area contributed by atoms with Gasteiger partial charge < -0.3 is 44.0 Å². The van der Waals surface area contributed by atoms with Gasteiger partial charge in [-0.2, -0.15) is 0 Å². The van der Waals surface area contributed by atoms with Gasteiger partial charge >= 0.3 is 0 Å². The number of aliphatic hydroxyl groups is 2. The van der Waals surface area contributed by atoms with E-state index >= 15 is 0 Å². The first-order valence-corrected chi connectivity index (χ1v) is 27.0. The Hall–Kier alpha value is -7.68. The summed E-state index contributed by atoms with van der Waals surface area (Å²) in [7, 11) is 2.74. The fourth-order valence-corrected chi connectivity index (χ4v) is 8.67. The Kier molecular flexibility index (Phi) is 32.6. The fourth-order valence-electron chi connectivity index (χ4n) is 7.49. The molecule has 1 amide bonds. The van der Waals surface area contributed by atoms with Crippen LogP contribution in [-0.2, 0) is 46.4 Å². The standard InChI is InChI=1S/C62H56N4O9S2/c1-3-4-5-6-7-8-9-10-11-12-13-14-15-16-17-18-19-20-21-22-23-24-34-41-58(68)65-55(59(69)56(67)47-70-43-42-52-35-28-25-29-36-52)46-74-62-61(73-45-54-39-32-27-33-40-54)51(2)60(72-44-53-37-30-26-31-38-53)57(75-62)48-71-50-77-76-49-64-66-63/h1,26-27,30-33,37-40,51-52,55-57,59-62,67,69H,25,28-29,35-36,41-50H2,2H3,(H,65,68)/t51-,55-,56+,57?,59-,60+,61?,62-/m0/s1. The predicted molar refractivity (Wildman–Crippen MR) is 299 cm³/mol. The molecule has 8 atom stereocenters. The van der Waals surface area contributed by atoms with Crippen molar-refractivity contribution in [1.82, 2.24) is 5.32 Å². The van der Waals surface area contributed by atoms with Crippen molar-refractivity contribution >= 4 is 27.5 Å². The lowest BCUT2D eigenvalue weighted by molar-refractivity contribution is -0.309. The van der Waals surface area contributed by atoms with E-state index in [1.165, 1.54) is 40.9 Å². The van der Waals surface area contributed by atoms with Crippen LogP contribution in [0.5, 0.6) is 0 Å². The first-order chi connectivity index (χ1) is 37.9. The molecule has 77 heavy (non-hydrogen) atoms. The van der Waals surface area contributed by atoms with Gasteiger partial charge in [0.2, 0.25) is 5.91 Å². The van der Waals surface area contributed by atoms with Crippen LogP contribution in [0.15, 0.2) is 65.8 Å². The third kappa shape index (κ3) is 27.6. The zero-order chi connectivity index (χ0) is 54.6. The van der Waals surface area contributed by atoms with E-state index in [-0.39, 0.29) is 50.6 Å². The van der Waals surface area contributed by atoms with Crippen LogP contribution in [0, 0.1) is 154 Å². The van der Waals surface area contributed by atoms with Crippen LogP contribution in [0.1, 0.15) is 63.0 Å². The molecule has 1 aliphatic heterocycles. The van der Waals surface area contributed by atoms with E-state index in [0.717, 1.165) is 30.4 Å². The number of ether oxygens (including phenoxy) is 6. The topological polar surface area (TPSA) is 174 Å². The average molecular weight is 1070 g/mol. The molecular weight excluding hydrogens is 1010 g/mol. The summed E-state index contributed by atoms with van der Waals surface area (Å²) in [5, 5.41) is 29.2. The number of aliphatic hydroxyl groups excluding tert-OH is 2. The quantitative estimate of drug-likeness (QED) is 0.0191. The Morgan fingerprint density at radius 1 is 0.727 bits per heavy atom. The summed E-state index contributed by atoms with van der Waals surface area (Å²) in [4.78, 5) is 16.2. The molecule has 2 fully saturated rings. The molecule has 13 nitrogen and oxygen atoms in total. The van der Waals surface area contributed by atoms with Crippen molar-refractivity contribution in [3.05, 3.63) is 82.2 Å². The number of nitrogens with zero attached hydrogens (tertiary/aromatic N) is 3. The molecule has 2 aliphatic rings. The van der Waals surface area contributed by atoms with E-state index in [2.05, 4.69) is 152 Å². The van der Waals surface area contributed by atoms with Crippen LogP contribution in [0.25, 0.3) is 10.4 Å². The Morgan fingerprint density at radius 2 is 1.26 bits per heavy atom. The fraction of sp³-hybridized carbons (Fsp3) is 0.403. The van der Waals surface area contributed by atoms with Crippen molar-refractivity contribution in [2.24, 2.45) is 17.0 Å². The zero-order valence-corrected chi connectivity index (χ0v) is 44.2. The minimum atomic E-state index is -1.52. The van der Waals surface area contributed by atoms with E-state index in [4.69, 9.17) is 40.4 Å². The number of carbonyl (C=O) groups is 1. The molecule has 1 heterocycles. The lowest BCUT2D eigenvalue weighted by atomic mass is 9.87. The number of amides is 1. The van der Waals surface area contributed by atoms with Gasteiger partial charge in [-0.3, -0.25) is 4.79 Å². The molecule has 390 valence electrons. The third-order valence-corrected chi connectivity index (χ3v) is 12.9. The highest BCUT2D eigenvalue weighted by atomic mass is 33.1. The molecule has 2 aromatic rings. The highest BCUT2D eigenvalue weighted by molar-refractivity contribution is 8.76. The number of hydrogen-bond acceptors (Lipinski definition) is 12. The zero-order valence-electron chi connectivity index (χ0n) is 42.6. The number of carbonyl (C=O) groups excluding carboxylic acids is 1. The van der Waals surface area contributed by atoms with Crippen molar-refractivity contribution in [3.8, 4) is 143 Å². The van der Waals surface area contributed by atoms with Gasteiger partial charge in [0.25, 0.3) is 0 Å². The second-order valence-electron chi connectivity index (χ2n) is 16.6. The minimum absolute atomic E-state index is 0.117. The molecule has 0 bridgehead atoms. The summed E-state index contributed by atoms with van der Waals surface area (Å²) in [5.74, 6) is 57.6. The second-order valence-corrected chi connectivity index (χ2v) is 18.9. The Labute approximate surface area is 461 Å². The molecule has 1 aliphatic carbocycles. The van der Waals surface area contributed by atoms with Crippen molar-refractivity contribution in [2.75, 3.05) is 38.2 Å². The number of benzene rings is 2. The van der Waals surface area contributed by atoms with Crippen LogP contribution in [0.3, 0.4) is 0 Å². The molecule has 2 aromatic carbocycles. The van der Waals surface area contributed by atoms with Gasteiger partial charge in [0.05, 0.1) is 57.5 Å². The maximum atomic E-state index is 13.4. The highest BCUT2D eigenvalue weighted by Crippen LogP contribution is 2.34. The predicted octanol–water partition coefficient (Wildman–Crippen LogP) is 6.41. The third-order valence-electron chi connectivity index (χ3n) is 11.2. The number of hydrogen-bond donors (Lipinski definition) is 3. The summed E-state index contributed by atoms with van der Waals surface area (Å²) >= 11 is 0. The molecule has 15 heteroatoms. The minimum Gasteiger partial charge on any atom is -0.388 e. The average Bonchev–Trinajstić information content (AvgIpc) is 3.46.